The zero-order chi connectivity index (χ0) is 14.1. The first-order chi connectivity index (χ1) is 8.42. The highest BCUT2D eigenvalue weighted by Crippen LogP contribution is 2.07. The molecule has 0 aromatic rings. The van der Waals surface area contributed by atoms with Crippen LogP contribution in [0.4, 0.5) is 0 Å². The zero-order valence-electron chi connectivity index (χ0n) is 11.8. The second-order valence-corrected chi connectivity index (χ2v) is 4.95. The summed E-state index contributed by atoms with van der Waals surface area (Å²) in [6.45, 7) is 7.90. The number of aliphatic hydroxyl groups is 1. The number of rotatable bonds is 8. The van der Waals surface area contributed by atoms with Gasteiger partial charge in [-0.15, -0.1) is 0 Å². The molecule has 0 bridgehead atoms. The van der Waals surface area contributed by atoms with Crippen LogP contribution >= 0.6 is 0 Å². The van der Waals surface area contributed by atoms with Crippen LogP contribution in [0.25, 0.3) is 0 Å². The molecule has 106 valence electrons. The molecule has 2 amide bonds. The molecule has 5 nitrogen and oxygen atoms in total. The monoisotopic (exact) mass is 258 g/mol. The van der Waals surface area contributed by atoms with E-state index in [1.807, 2.05) is 20.8 Å². The van der Waals surface area contributed by atoms with Gasteiger partial charge in [0.15, 0.2) is 0 Å². The fourth-order valence-electron chi connectivity index (χ4n) is 1.74. The largest absolute Gasteiger partial charge is 0.396 e. The Morgan fingerprint density at radius 1 is 1.28 bits per heavy atom. The van der Waals surface area contributed by atoms with Crippen LogP contribution in [-0.2, 0) is 9.59 Å². The molecule has 5 heteroatoms. The molecule has 0 aliphatic heterocycles. The van der Waals surface area contributed by atoms with E-state index in [0.717, 1.165) is 6.42 Å². The Kier molecular flexibility index (Phi) is 8.37. The van der Waals surface area contributed by atoms with E-state index in [0.29, 0.717) is 13.0 Å². The fourth-order valence-corrected chi connectivity index (χ4v) is 1.74. The zero-order valence-corrected chi connectivity index (χ0v) is 11.8. The molecular weight excluding hydrogens is 232 g/mol. The normalized spacial score (nSPS) is 14.1. The third-order valence-corrected chi connectivity index (χ3v) is 2.99. The maximum Gasteiger partial charge on any atom is 0.242 e. The molecule has 0 heterocycles. The fraction of sp³-hybridized carbons (Fsp3) is 0.846. The van der Waals surface area contributed by atoms with Crippen molar-refractivity contribution in [3.05, 3.63) is 0 Å². The van der Waals surface area contributed by atoms with E-state index < -0.39 is 6.04 Å². The summed E-state index contributed by atoms with van der Waals surface area (Å²) in [4.78, 5) is 23.0. The lowest BCUT2D eigenvalue weighted by molar-refractivity contribution is -0.129. The number of hydrogen-bond acceptors (Lipinski definition) is 3. The van der Waals surface area contributed by atoms with Gasteiger partial charge in [-0.3, -0.25) is 9.59 Å². The third kappa shape index (κ3) is 6.59. The number of carbonyl (C=O) groups is 2. The lowest BCUT2D eigenvalue weighted by atomic mass is 10.0. The lowest BCUT2D eigenvalue weighted by Crippen LogP contribution is -2.49. The molecule has 0 aliphatic rings. The molecule has 0 spiro atoms. The van der Waals surface area contributed by atoms with E-state index in [9.17, 15) is 9.59 Å². The van der Waals surface area contributed by atoms with Gasteiger partial charge in [0.05, 0.1) is 0 Å². The van der Waals surface area contributed by atoms with Crippen LogP contribution in [0.15, 0.2) is 0 Å². The Morgan fingerprint density at radius 2 is 1.89 bits per heavy atom. The van der Waals surface area contributed by atoms with Crippen molar-refractivity contribution in [3.63, 3.8) is 0 Å². The van der Waals surface area contributed by atoms with Crippen molar-refractivity contribution in [1.29, 1.82) is 0 Å². The van der Waals surface area contributed by atoms with E-state index in [-0.39, 0.29) is 30.3 Å². The van der Waals surface area contributed by atoms with E-state index in [1.54, 1.807) is 0 Å². The van der Waals surface area contributed by atoms with Gasteiger partial charge in [-0.25, -0.2) is 0 Å². The van der Waals surface area contributed by atoms with Crippen LogP contribution in [0.1, 0.15) is 40.5 Å². The number of hydrogen-bond donors (Lipinski definition) is 3. The van der Waals surface area contributed by atoms with Crippen molar-refractivity contribution in [2.75, 3.05) is 13.2 Å². The molecule has 2 atom stereocenters. The summed E-state index contributed by atoms with van der Waals surface area (Å²) in [5, 5.41) is 14.4. The topological polar surface area (TPSA) is 78.4 Å². The summed E-state index contributed by atoms with van der Waals surface area (Å²) in [6, 6.07) is -0.492. The SMILES string of the molecule is CCC(CCO)CNC(=O)C(NC(C)=O)C(C)C. The van der Waals surface area contributed by atoms with E-state index in [1.165, 1.54) is 6.92 Å². The van der Waals surface area contributed by atoms with Gasteiger partial charge in [0.25, 0.3) is 0 Å². The summed E-state index contributed by atoms with van der Waals surface area (Å²) >= 11 is 0. The average Bonchev–Trinajstić information content (AvgIpc) is 2.30. The van der Waals surface area contributed by atoms with Crippen molar-refractivity contribution in [3.8, 4) is 0 Å². The highest BCUT2D eigenvalue weighted by molar-refractivity contribution is 5.86. The Hall–Kier alpha value is -1.10. The van der Waals surface area contributed by atoms with Gasteiger partial charge in [0.2, 0.25) is 11.8 Å². The molecule has 0 rings (SSSR count). The first-order valence-electron chi connectivity index (χ1n) is 6.58. The van der Waals surface area contributed by atoms with Gasteiger partial charge in [-0.2, -0.15) is 0 Å². The quantitative estimate of drug-likeness (QED) is 0.599. The number of aliphatic hydroxyl groups excluding tert-OH is 1. The third-order valence-electron chi connectivity index (χ3n) is 2.99. The van der Waals surface area contributed by atoms with Gasteiger partial charge in [-0.1, -0.05) is 27.2 Å². The van der Waals surface area contributed by atoms with Gasteiger partial charge in [0.1, 0.15) is 6.04 Å². The molecule has 0 fully saturated rings. The molecule has 0 aliphatic carbocycles. The van der Waals surface area contributed by atoms with Crippen molar-refractivity contribution >= 4 is 11.8 Å². The molecule has 2 unspecified atom stereocenters. The van der Waals surface area contributed by atoms with Crippen LogP contribution in [0, 0.1) is 11.8 Å². The predicted octanol–water partition coefficient (Wildman–Crippen LogP) is 0.672. The number of amides is 2. The van der Waals surface area contributed by atoms with Gasteiger partial charge in [0, 0.05) is 20.1 Å². The Bertz CT molecular complexity index is 267. The van der Waals surface area contributed by atoms with Crippen LogP contribution in [0.3, 0.4) is 0 Å². The summed E-state index contributed by atoms with van der Waals surface area (Å²) in [6.07, 6.45) is 1.59. The maximum atomic E-state index is 12.0. The van der Waals surface area contributed by atoms with Gasteiger partial charge < -0.3 is 15.7 Å². The molecule has 3 N–H and O–H groups in total. The van der Waals surface area contributed by atoms with E-state index >= 15 is 0 Å². The van der Waals surface area contributed by atoms with E-state index in [4.69, 9.17) is 5.11 Å². The summed E-state index contributed by atoms with van der Waals surface area (Å²) < 4.78 is 0. The van der Waals surface area contributed by atoms with Crippen LogP contribution in [0.5, 0.6) is 0 Å². The Labute approximate surface area is 109 Å². The molecular formula is C13H26N2O3. The number of carbonyl (C=O) groups excluding carboxylic acids is 2. The highest BCUT2D eigenvalue weighted by atomic mass is 16.3. The molecule has 0 saturated carbocycles. The summed E-state index contributed by atoms with van der Waals surface area (Å²) in [5.74, 6) is -0.0289. The van der Waals surface area contributed by atoms with Crippen molar-refractivity contribution in [2.45, 2.75) is 46.6 Å². The minimum absolute atomic E-state index is 0.0480. The first-order valence-corrected chi connectivity index (χ1v) is 6.58. The van der Waals surface area contributed by atoms with Crippen LogP contribution in [-0.4, -0.2) is 36.1 Å². The Balaban J connectivity index is 4.29. The standard InChI is InChI=1S/C13H26N2O3/c1-5-11(6-7-16)8-14-13(18)12(9(2)3)15-10(4)17/h9,11-12,16H,5-8H2,1-4H3,(H,14,18)(H,15,17). The van der Waals surface area contributed by atoms with Gasteiger partial charge >= 0.3 is 0 Å². The molecule has 0 saturated heterocycles. The lowest BCUT2D eigenvalue weighted by Gasteiger charge is -2.22. The maximum absolute atomic E-state index is 12.0. The van der Waals surface area contributed by atoms with Crippen molar-refractivity contribution < 1.29 is 14.7 Å². The molecule has 18 heavy (non-hydrogen) atoms. The summed E-state index contributed by atoms with van der Waals surface area (Å²) in [7, 11) is 0. The second kappa shape index (κ2) is 8.91. The molecule has 0 aromatic heterocycles. The smallest absolute Gasteiger partial charge is 0.242 e. The summed E-state index contributed by atoms with van der Waals surface area (Å²) in [5.41, 5.74) is 0. The highest BCUT2D eigenvalue weighted by Gasteiger charge is 2.23. The average molecular weight is 258 g/mol. The Morgan fingerprint density at radius 3 is 2.28 bits per heavy atom. The molecule has 0 radical (unpaired) electrons. The second-order valence-electron chi connectivity index (χ2n) is 4.95. The van der Waals surface area contributed by atoms with Crippen molar-refractivity contribution in [1.82, 2.24) is 10.6 Å². The van der Waals surface area contributed by atoms with E-state index in [2.05, 4.69) is 10.6 Å². The number of nitrogens with one attached hydrogen (secondary N) is 2. The van der Waals surface area contributed by atoms with Crippen LogP contribution in [0.2, 0.25) is 0 Å². The van der Waals surface area contributed by atoms with Crippen molar-refractivity contribution in [2.24, 2.45) is 11.8 Å². The minimum atomic E-state index is -0.492. The molecule has 0 aromatic carbocycles. The predicted molar refractivity (Wildman–Crippen MR) is 70.9 cm³/mol. The minimum Gasteiger partial charge on any atom is -0.396 e. The van der Waals surface area contributed by atoms with Crippen LogP contribution < -0.4 is 10.6 Å². The van der Waals surface area contributed by atoms with Gasteiger partial charge in [-0.05, 0) is 18.3 Å². The first kappa shape index (κ1) is 16.9.